The summed E-state index contributed by atoms with van der Waals surface area (Å²) in [4.78, 5) is 0. The molecule has 44 valence electrons. The molecule has 1 rings (SSSR count). The van der Waals surface area contributed by atoms with E-state index in [1.807, 2.05) is 0 Å². The van der Waals surface area contributed by atoms with Crippen LogP contribution in [0.2, 0.25) is 0 Å². The topological polar surface area (TPSA) is 52.0 Å². The van der Waals surface area contributed by atoms with Crippen molar-refractivity contribution in [2.24, 2.45) is 10.3 Å². The quantitative estimate of drug-likeness (QED) is 0.544. The lowest BCUT2D eigenvalue weighted by Gasteiger charge is -2.18. The Bertz CT molecular complexity index is 64.1. The molecule has 2 nitrogen and oxygen atoms in total. The minimum absolute atomic E-state index is 0.933. The van der Waals surface area contributed by atoms with E-state index < -0.39 is 9.43 Å². The van der Waals surface area contributed by atoms with Gasteiger partial charge in [0.1, 0.15) is 0 Å². The first-order chi connectivity index (χ1) is 3.21. The number of nitrogens with two attached hydrogens (primary N) is 2. The van der Waals surface area contributed by atoms with E-state index in [2.05, 4.69) is 0 Å². The van der Waals surface area contributed by atoms with Gasteiger partial charge in [-0.1, -0.05) is 20.2 Å². The van der Waals surface area contributed by atoms with Crippen LogP contribution >= 0.6 is 39.9 Å². The van der Waals surface area contributed by atoms with E-state index in [0.717, 1.165) is 5.08 Å². The van der Waals surface area contributed by atoms with E-state index in [1.54, 1.807) is 30.4 Å². The summed E-state index contributed by atoms with van der Waals surface area (Å²) in [6.45, 7) is 0. The molecule has 1 aliphatic rings. The fourth-order valence-corrected chi connectivity index (χ4v) is 12.1. The molecular weight excluding hydrogens is 168 g/mol. The lowest BCUT2D eigenvalue weighted by atomic mass is 11.9. The molecule has 0 atom stereocenters. The van der Waals surface area contributed by atoms with Crippen molar-refractivity contribution in [2.75, 3.05) is 5.08 Å². The van der Waals surface area contributed by atoms with Crippen LogP contribution in [-0.2, 0) is 0 Å². The molecule has 1 heterocycles. The third-order valence-corrected chi connectivity index (χ3v) is 10.8. The summed E-state index contributed by atoms with van der Waals surface area (Å²) < 4.78 is 0. The molecule has 1 fully saturated rings. The van der Waals surface area contributed by atoms with Crippen LogP contribution < -0.4 is 10.3 Å². The second-order valence-electron chi connectivity index (χ2n) is 1.15. The third kappa shape index (κ3) is 1.95. The van der Waals surface area contributed by atoms with Gasteiger partial charge in [-0.15, -0.1) is 0 Å². The molecule has 0 aromatic carbocycles. The van der Waals surface area contributed by atoms with E-state index in [-0.39, 0.29) is 0 Å². The van der Waals surface area contributed by atoms with Crippen molar-refractivity contribution in [1.29, 1.82) is 0 Å². The molecule has 0 saturated carbocycles. The summed E-state index contributed by atoms with van der Waals surface area (Å²) in [7, 11) is 3.86. The van der Waals surface area contributed by atoms with Crippen LogP contribution in [0.4, 0.5) is 0 Å². The Hall–Kier alpha value is 1.32. The average Bonchev–Trinajstić information content (AvgIpc) is 1.84. The molecule has 0 bridgehead atoms. The molecule has 1 aliphatic heterocycles. The molecule has 4 N–H and O–H groups in total. The average molecular weight is 174 g/mol. The summed E-state index contributed by atoms with van der Waals surface area (Å²) in [5.74, 6) is 0. The second kappa shape index (κ2) is 2.28. The Balaban J connectivity index is 2.40. The molecule has 0 aliphatic carbocycles. The van der Waals surface area contributed by atoms with E-state index in [0.29, 0.717) is 0 Å². The first kappa shape index (κ1) is 6.44. The molecule has 0 spiro atoms. The fraction of sp³-hybridized carbons (Fsp3) is 1.00. The molecule has 0 radical (unpaired) electrons. The van der Waals surface area contributed by atoms with Gasteiger partial charge in [0.05, 0.1) is 5.08 Å². The molecule has 7 heavy (non-hydrogen) atoms. The highest BCUT2D eigenvalue weighted by Crippen LogP contribution is 2.66. The zero-order chi connectivity index (χ0) is 5.33. The fourth-order valence-electron chi connectivity index (χ4n) is 0.186. The van der Waals surface area contributed by atoms with Crippen molar-refractivity contribution in [3.63, 3.8) is 0 Å². The summed E-state index contributed by atoms with van der Waals surface area (Å²) in [5, 5.41) is 12.1. The zero-order valence-electron chi connectivity index (χ0n) is 3.49. The van der Waals surface area contributed by atoms with E-state index in [1.165, 1.54) is 0 Å². The zero-order valence-corrected chi connectivity index (χ0v) is 6.76. The van der Waals surface area contributed by atoms with Crippen molar-refractivity contribution in [3.8, 4) is 0 Å². The minimum Gasteiger partial charge on any atom is -0.274 e. The van der Waals surface area contributed by atoms with Crippen molar-refractivity contribution in [2.45, 2.75) is 0 Å². The minimum atomic E-state index is -1.20. The van der Waals surface area contributed by atoms with E-state index >= 15 is 0 Å². The number of hydrogen-bond donors (Lipinski definition) is 2. The van der Waals surface area contributed by atoms with Gasteiger partial charge in [-0.3, -0.25) is 10.3 Å². The Morgan fingerprint density at radius 1 is 1.43 bits per heavy atom. The summed E-state index contributed by atoms with van der Waals surface area (Å²) >= 11 is 0. The molecule has 0 amide bonds. The lowest BCUT2D eigenvalue weighted by molar-refractivity contribution is 1.80. The van der Waals surface area contributed by atoms with Crippen molar-refractivity contribution >= 4 is 39.9 Å². The standard InChI is InChI=1S/CH6N2S4/c2-7(3)1-4-5-6-7/h1-3H2. The summed E-state index contributed by atoms with van der Waals surface area (Å²) in [6, 6.07) is 0. The SMILES string of the molecule is NS1(N)CSSS1. The van der Waals surface area contributed by atoms with Gasteiger partial charge in [0.2, 0.25) is 0 Å². The predicted octanol–water partition coefficient (Wildman–Crippen LogP) is 1.45. The molecule has 0 aromatic heterocycles. The highest BCUT2D eigenvalue weighted by molar-refractivity contribution is 9.36. The van der Waals surface area contributed by atoms with Gasteiger partial charge in [-0.25, -0.2) is 0 Å². The lowest BCUT2D eigenvalue weighted by Crippen LogP contribution is -2.14. The first-order valence-electron chi connectivity index (χ1n) is 1.55. The predicted molar refractivity (Wildman–Crippen MR) is 43.6 cm³/mol. The van der Waals surface area contributed by atoms with Crippen molar-refractivity contribution in [3.05, 3.63) is 0 Å². The van der Waals surface area contributed by atoms with Crippen molar-refractivity contribution in [1.82, 2.24) is 0 Å². The second-order valence-corrected chi connectivity index (χ2v) is 10.00. The largest absolute Gasteiger partial charge is 0.274 e. The van der Waals surface area contributed by atoms with Gasteiger partial charge in [-0.2, -0.15) is 0 Å². The van der Waals surface area contributed by atoms with Crippen LogP contribution in [-0.4, -0.2) is 5.08 Å². The molecule has 1 saturated heterocycles. The van der Waals surface area contributed by atoms with Crippen LogP contribution in [0.25, 0.3) is 0 Å². The maximum atomic E-state index is 5.56. The number of rotatable bonds is 0. The normalized spacial score (nSPS) is 32.9. The number of hydrogen-bond acceptors (Lipinski definition) is 5. The maximum Gasteiger partial charge on any atom is 0.0680 e. The van der Waals surface area contributed by atoms with Gasteiger partial charge in [0, 0.05) is 0 Å². The van der Waals surface area contributed by atoms with Crippen LogP contribution in [0, 0.1) is 0 Å². The summed E-state index contributed by atoms with van der Waals surface area (Å²) in [6.07, 6.45) is 0. The van der Waals surface area contributed by atoms with Gasteiger partial charge < -0.3 is 0 Å². The van der Waals surface area contributed by atoms with Gasteiger partial charge in [0.25, 0.3) is 0 Å². The highest BCUT2D eigenvalue weighted by atomic mass is 33.7. The van der Waals surface area contributed by atoms with Gasteiger partial charge >= 0.3 is 0 Å². The molecule has 0 aromatic rings. The Labute approximate surface area is 55.3 Å². The van der Waals surface area contributed by atoms with Crippen LogP contribution in [0.15, 0.2) is 0 Å². The van der Waals surface area contributed by atoms with Gasteiger partial charge in [-0.05, 0) is 19.7 Å². The Kier molecular flexibility index (Phi) is 2.10. The Morgan fingerprint density at radius 3 is 2.29 bits per heavy atom. The van der Waals surface area contributed by atoms with Crippen molar-refractivity contribution < 1.29 is 0 Å². The van der Waals surface area contributed by atoms with Crippen LogP contribution in [0.5, 0.6) is 0 Å². The maximum absolute atomic E-state index is 5.56. The monoisotopic (exact) mass is 174 g/mol. The van der Waals surface area contributed by atoms with Crippen LogP contribution in [0.3, 0.4) is 0 Å². The van der Waals surface area contributed by atoms with E-state index in [9.17, 15) is 0 Å². The third-order valence-electron chi connectivity index (χ3n) is 0.435. The Morgan fingerprint density at radius 2 is 2.14 bits per heavy atom. The molecular formula is CH6N2S4. The molecule has 0 unspecified atom stereocenters. The van der Waals surface area contributed by atoms with E-state index in [4.69, 9.17) is 10.3 Å². The first-order valence-corrected chi connectivity index (χ1v) is 7.65. The van der Waals surface area contributed by atoms with Gasteiger partial charge in [0.15, 0.2) is 0 Å². The van der Waals surface area contributed by atoms with Crippen LogP contribution in [0.1, 0.15) is 0 Å². The molecule has 6 heteroatoms. The highest BCUT2D eigenvalue weighted by Gasteiger charge is 2.21. The smallest absolute Gasteiger partial charge is 0.0680 e. The summed E-state index contributed by atoms with van der Waals surface area (Å²) in [5.41, 5.74) is 0.